The van der Waals surface area contributed by atoms with Gasteiger partial charge in [-0.25, -0.2) is 0 Å². The molecule has 1 saturated carbocycles. The van der Waals surface area contributed by atoms with E-state index in [9.17, 15) is 0 Å². The Hall–Kier alpha value is -0.780. The minimum absolute atomic E-state index is 0.887. The monoisotopic (exact) mass is 272 g/mol. The van der Waals surface area contributed by atoms with Crippen molar-refractivity contribution in [3.63, 3.8) is 0 Å². The van der Waals surface area contributed by atoms with Crippen LogP contribution in [0, 0.1) is 52.4 Å². The largest absolute Gasteiger partial charge is 0.0625 e. The Balaban J connectivity index is 2.34. The molecule has 3 unspecified atom stereocenters. The third-order valence-electron chi connectivity index (χ3n) is 6.25. The van der Waals surface area contributed by atoms with E-state index in [2.05, 4.69) is 48.5 Å². The van der Waals surface area contributed by atoms with Crippen molar-refractivity contribution in [1.29, 1.82) is 0 Å². The van der Waals surface area contributed by atoms with Crippen LogP contribution >= 0.6 is 0 Å². The molecule has 0 N–H and O–H groups in total. The van der Waals surface area contributed by atoms with Crippen LogP contribution in [0.1, 0.15) is 66.5 Å². The van der Waals surface area contributed by atoms with Gasteiger partial charge in [-0.3, -0.25) is 0 Å². The Kier molecular flexibility index (Phi) is 4.62. The summed E-state index contributed by atoms with van der Waals surface area (Å²) < 4.78 is 0. The summed E-state index contributed by atoms with van der Waals surface area (Å²) >= 11 is 0. The van der Waals surface area contributed by atoms with Gasteiger partial charge in [0.1, 0.15) is 0 Å². The van der Waals surface area contributed by atoms with Crippen LogP contribution in [0.15, 0.2) is 0 Å². The summed E-state index contributed by atoms with van der Waals surface area (Å²) in [6.07, 6.45) is 5.58. The molecule has 0 aliphatic heterocycles. The molecule has 0 spiro atoms. The lowest BCUT2D eigenvalue weighted by Crippen LogP contribution is -2.24. The molecular weight excluding hydrogens is 240 g/mol. The molecule has 1 fully saturated rings. The van der Waals surface area contributed by atoms with Crippen LogP contribution in [0.25, 0.3) is 0 Å². The van der Waals surface area contributed by atoms with E-state index in [1.54, 1.807) is 16.7 Å². The van der Waals surface area contributed by atoms with Gasteiger partial charge in [-0.1, -0.05) is 26.7 Å². The van der Waals surface area contributed by atoms with Gasteiger partial charge in [-0.2, -0.15) is 0 Å². The van der Waals surface area contributed by atoms with E-state index in [0.29, 0.717) is 0 Å². The minimum Gasteiger partial charge on any atom is -0.0625 e. The lowest BCUT2D eigenvalue weighted by molar-refractivity contribution is 0.202. The molecule has 112 valence electrons. The second kappa shape index (κ2) is 5.92. The summed E-state index contributed by atoms with van der Waals surface area (Å²) in [5.74, 6) is 2.70. The lowest BCUT2D eigenvalue weighted by atomic mass is 9.72. The van der Waals surface area contributed by atoms with E-state index < -0.39 is 0 Å². The summed E-state index contributed by atoms with van der Waals surface area (Å²) in [6.45, 7) is 16.4. The average Bonchev–Trinajstić information content (AvgIpc) is 2.43. The van der Waals surface area contributed by atoms with Gasteiger partial charge in [0.2, 0.25) is 0 Å². The number of benzene rings is 1. The summed E-state index contributed by atoms with van der Waals surface area (Å²) in [6, 6.07) is 0. The van der Waals surface area contributed by atoms with Crippen molar-refractivity contribution in [2.45, 2.75) is 74.1 Å². The predicted octanol–water partition coefficient (Wildman–Crippen LogP) is 5.84. The second-order valence-electron chi connectivity index (χ2n) is 7.46. The highest BCUT2D eigenvalue weighted by Gasteiger charge is 2.27. The van der Waals surface area contributed by atoms with Crippen LogP contribution in [0.4, 0.5) is 0 Å². The van der Waals surface area contributed by atoms with Crippen LogP contribution in [0.2, 0.25) is 0 Å². The molecule has 3 atom stereocenters. The van der Waals surface area contributed by atoms with Crippen LogP contribution in [-0.2, 0) is 6.42 Å². The van der Waals surface area contributed by atoms with Crippen LogP contribution in [-0.4, -0.2) is 0 Å². The molecule has 1 aromatic carbocycles. The molecule has 0 nitrogen and oxygen atoms in total. The molecule has 20 heavy (non-hydrogen) atoms. The van der Waals surface area contributed by atoms with Gasteiger partial charge in [0.15, 0.2) is 0 Å². The third-order valence-corrected chi connectivity index (χ3v) is 6.25. The maximum atomic E-state index is 2.47. The molecule has 0 amide bonds. The molecule has 0 aromatic heterocycles. The Morgan fingerprint density at radius 2 is 1.25 bits per heavy atom. The third kappa shape index (κ3) is 2.80. The molecule has 2 rings (SSSR count). The van der Waals surface area contributed by atoms with E-state index in [4.69, 9.17) is 0 Å². The first kappa shape index (κ1) is 15.6. The Bertz CT molecular complexity index is 466. The van der Waals surface area contributed by atoms with E-state index in [1.807, 2.05) is 0 Å². The maximum absolute atomic E-state index is 2.47. The average molecular weight is 272 g/mol. The summed E-state index contributed by atoms with van der Waals surface area (Å²) in [5.41, 5.74) is 9.27. The fourth-order valence-electron chi connectivity index (χ4n) is 4.08. The lowest BCUT2D eigenvalue weighted by Gasteiger charge is -2.34. The van der Waals surface area contributed by atoms with Crippen molar-refractivity contribution >= 4 is 0 Å². The van der Waals surface area contributed by atoms with Gasteiger partial charge in [0.05, 0.1) is 0 Å². The van der Waals surface area contributed by atoms with Gasteiger partial charge in [0.25, 0.3) is 0 Å². The molecule has 0 saturated heterocycles. The molecule has 1 aromatic rings. The van der Waals surface area contributed by atoms with Gasteiger partial charge in [-0.05, 0) is 98.6 Å². The van der Waals surface area contributed by atoms with Crippen molar-refractivity contribution < 1.29 is 0 Å². The molecule has 0 radical (unpaired) electrons. The van der Waals surface area contributed by atoms with Crippen LogP contribution < -0.4 is 0 Å². The van der Waals surface area contributed by atoms with Gasteiger partial charge in [0, 0.05) is 0 Å². The smallest absolute Gasteiger partial charge is 0.0242 e. The highest BCUT2D eigenvalue weighted by atomic mass is 14.3. The topological polar surface area (TPSA) is 0 Å². The Morgan fingerprint density at radius 1 is 0.750 bits per heavy atom. The molecule has 0 bridgehead atoms. The highest BCUT2D eigenvalue weighted by Crippen LogP contribution is 2.37. The fraction of sp³-hybridized carbons (Fsp3) is 0.700. The molecule has 1 aliphatic rings. The van der Waals surface area contributed by atoms with Gasteiger partial charge in [-0.15, -0.1) is 0 Å². The molecule has 0 heteroatoms. The summed E-state index contributed by atoms with van der Waals surface area (Å²) in [7, 11) is 0. The summed E-state index contributed by atoms with van der Waals surface area (Å²) in [4.78, 5) is 0. The Morgan fingerprint density at radius 3 is 1.80 bits per heavy atom. The first-order valence-corrected chi connectivity index (χ1v) is 8.38. The van der Waals surface area contributed by atoms with E-state index >= 15 is 0 Å². The molecular formula is C20H32. The van der Waals surface area contributed by atoms with Crippen LogP contribution in [0.3, 0.4) is 0 Å². The highest BCUT2D eigenvalue weighted by molar-refractivity contribution is 5.49. The zero-order valence-corrected chi connectivity index (χ0v) is 14.6. The van der Waals surface area contributed by atoms with Crippen molar-refractivity contribution in [1.82, 2.24) is 0 Å². The molecule has 0 heterocycles. The maximum Gasteiger partial charge on any atom is -0.0242 e. The minimum atomic E-state index is 0.887. The zero-order chi connectivity index (χ0) is 15.0. The zero-order valence-electron chi connectivity index (χ0n) is 14.6. The quantitative estimate of drug-likeness (QED) is 0.634. The van der Waals surface area contributed by atoms with Crippen molar-refractivity contribution in [2.24, 2.45) is 17.8 Å². The van der Waals surface area contributed by atoms with Gasteiger partial charge < -0.3 is 0 Å². The Labute approximate surface area is 126 Å². The van der Waals surface area contributed by atoms with Crippen LogP contribution in [0.5, 0.6) is 0 Å². The predicted molar refractivity (Wildman–Crippen MR) is 89.5 cm³/mol. The van der Waals surface area contributed by atoms with Crippen molar-refractivity contribution in [3.05, 3.63) is 33.4 Å². The standard InChI is InChI=1S/C20H32/c1-12-8-9-13(2)19(10-12)11-20-17(6)15(4)14(3)16(5)18(20)7/h12-13,19H,8-11H2,1-7H3. The normalized spacial score (nSPS) is 26.9. The van der Waals surface area contributed by atoms with Crippen molar-refractivity contribution in [3.8, 4) is 0 Å². The van der Waals surface area contributed by atoms with Gasteiger partial charge >= 0.3 is 0 Å². The second-order valence-corrected chi connectivity index (χ2v) is 7.46. The number of rotatable bonds is 2. The first-order valence-electron chi connectivity index (χ1n) is 8.38. The van der Waals surface area contributed by atoms with E-state index in [-0.39, 0.29) is 0 Å². The van der Waals surface area contributed by atoms with Crippen molar-refractivity contribution in [2.75, 3.05) is 0 Å². The number of hydrogen-bond acceptors (Lipinski definition) is 0. The van der Waals surface area contributed by atoms with E-state index in [0.717, 1.165) is 17.8 Å². The summed E-state index contributed by atoms with van der Waals surface area (Å²) in [5, 5.41) is 0. The first-order chi connectivity index (χ1) is 9.32. The molecule has 1 aliphatic carbocycles. The SMILES string of the molecule is Cc1c(C)c(C)c(CC2CC(C)CCC2C)c(C)c1C. The van der Waals surface area contributed by atoms with E-state index in [1.165, 1.54) is 42.4 Å². The fourth-order valence-corrected chi connectivity index (χ4v) is 4.08. The number of hydrogen-bond donors (Lipinski definition) is 0.